The van der Waals surface area contributed by atoms with Gasteiger partial charge >= 0.3 is 0 Å². The molecule has 25 heavy (non-hydrogen) atoms. The van der Waals surface area contributed by atoms with Crippen molar-refractivity contribution in [3.8, 4) is 0 Å². The van der Waals surface area contributed by atoms with Crippen molar-refractivity contribution in [2.24, 2.45) is 0 Å². The standard InChI is InChI=1S/C16H20N4O4S/c21-12-7-5-11(6-8-12)19-16(22)13-3-1-2-4-14(13)20-25(23,24)15-9-17-10-18-15/h1-4,9-12,20-21H,5-8H2,(H,17,18)(H,19,22). The van der Waals surface area contributed by atoms with E-state index in [1.165, 1.54) is 18.6 Å². The molecule has 2 aromatic rings. The summed E-state index contributed by atoms with van der Waals surface area (Å²) in [5.41, 5.74) is 0.446. The van der Waals surface area contributed by atoms with Crippen LogP contribution in [-0.4, -0.2) is 41.5 Å². The molecule has 3 rings (SSSR count). The van der Waals surface area contributed by atoms with Crippen LogP contribution in [0, 0.1) is 0 Å². The van der Waals surface area contributed by atoms with Crippen LogP contribution in [0.15, 0.2) is 41.8 Å². The fourth-order valence-electron chi connectivity index (χ4n) is 2.84. The number of imidazole rings is 1. The van der Waals surface area contributed by atoms with Gasteiger partial charge in [0.1, 0.15) is 0 Å². The van der Waals surface area contributed by atoms with Crippen molar-refractivity contribution in [3.05, 3.63) is 42.4 Å². The van der Waals surface area contributed by atoms with Gasteiger partial charge in [0.25, 0.3) is 15.9 Å². The topological polar surface area (TPSA) is 124 Å². The molecule has 4 N–H and O–H groups in total. The molecule has 1 aliphatic rings. The van der Waals surface area contributed by atoms with Crippen LogP contribution >= 0.6 is 0 Å². The first-order valence-corrected chi connectivity index (χ1v) is 9.53. The number of sulfonamides is 1. The molecular weight excluding hydrogens is 344 g/mol. The van der Waals surface area contributed by atoms with Crippen molar-refractivity contribution in [3.63, 3.8) is 0 Å². The van der Waals surface area contributed by atoms with E-state index in [1.807, 2.05) is 0 Å². The Morgan fingerprint density at radius 1 is 1.20 bits per heavy atom. The number of anilines is 1. The van der Waals surface area contributed by atoms with Gasteiger partial charge in [-0.2, -0.15) is 8.42 Å². The molecule has 0 saturated heterocycles. The van der Waals surface area contributed by atoms with Crippen LogP contribution in [0.1, 0.15) is 36.0 Å². The van der Waals surface area contributed by atoms with Gasteiger partial charge in [0.2, 0.25) is 0 Å². The molecule has 0 bridgehead atoms. The number of aliphatic hydroxyl groups excluding tert-OH is 1. The largest absolute Gasteiger partial charge is 0.393 e. The minimum absolute atomic E-state index is 0.0202. The number of amides is 1. The van der Waals surface area contributed by atoms with Gasteiger partial charge in [-0.05, 0) is 37.8 Å². The Labute approximate surface area is 145 Å². The Bertz CT molecular complexity index is 828. The predicted molar refractivity (Wildman–Crippen MR) is 91.6 cm³/mol. The SMILES string of the molecule is O=C(NC1CCC(O)CC1)c1ccccc1NS(=O)(=O)c1cnc[nH]1. The number of rotatable bonds is 5. The van der Waals surface area contributed by atoms with E-state index < -0.39 is 10.0 Å². The molecule has 1 saturated carbocycles. The number of benzene rings is 1. The molecule has 134 valence electrons. The maximum atomic E-state index is 12.6. The normalized spacial score (nSPS) is 20.8. The van der Waals surface area contributed by atoms with Crippen LogP contribution < -0.4 is 10.0 Å². The smallest absolute Gasteiger partial charge is 0.278 e. The fourth-order valence-corrected chi connectivity index (χ4v) is 3.83. The molecule has 9 heteroatoms. The Morgan fingerprint density at radius 2 is 1.92 bits per heavy atom. The minimum atomic E-state index is -3.85. The number of H-pyrrole nitrogens is 1. The van der Waals surface area contributed by atoms with Gasteiger partial charge < -0.3 is 15.4 Å². The maximum absolute atomic E-state index is 12.6. The highest BCUT2D eigenvalue weighted by molar-refractivity contribution is 7.92. The zero-order valence-electron chi connectivity index (χ0n) is 13.5. The van der Waals surface area contributed by atoms with E-state index in [4.69, 9.17) is 0 Å². The van der Waals surface area contributed by atoms with Crippen LogP contribution in [0.5, 0.6) is 0 Å². The highest BCUT2D eigenvalue weighted by Crippen LogP contribution is 2.22. The number of aromatic nitrogens is 2. The summed E-state index contributed by atoms with van der Waals surface area (Å²) < 4.78 is 27.1. The molecule has 8 nitrogen and oxygen atoms in total. The number of nitrogens with one attached hydrogen (secondary N) is 3. The lowest BCUT2D eigenvalue weighted by atomic mass is 9.93. The molecule has 0 spiro atoms. The second-order valence-electron chi connectivity index (χ2n) is 6.05. The van der Waals surface area contributed by atoms with Gasteiger partial charge in [-0.1, -0.05) is 12.1 Å². The molecule has 1 aliphatic carbocycles. The van der Waals surface area contributed by atoms with Gasteiger partial charge in [-0.3, -0.25) is 9.52 Å². The molecule has 0 radical (unpaired) electrons. The lowest BCUT2D eigenvalue weighted by molar-refractivity contribution is 0.0868. The molecule has 0 atom stereocenters. The zero-order chi connectivity index (χ0) is 17.9. The highest BCUT2D eigenvalue weighted by atomic mass is 32.2. The van der Waals surface area contributed by atoms with E-state index in [0.29, 0.717) is 25.7 Å². The van der Waals surface area contributed by atoms with Gasteiger partial charge in [0.05, 0.1) is 29.9 Å². The van der Waals surface area contributed by atoms with E-state index >= 15 is 0 Å². The lowest BCUT2D eigenvalue weighted by Crippen LogP contribution is -2.38. The zero-order valence-corrected chi connectivity index (χ0v) is 14.3. The quantitative estimate of drug-likeness (QED) is 0.635. The summed E-state index contributed by atoms with van der Waals surface area (Å²) in [5, 5.41) is 12.4. The van der Waals surface area contributed by atoms with Crippen LogP contribution in [-0.2, 0) is 10.0 Å². The first-order valence-electron chi connectivity index (χ1n) is 8.05. The van der Waals surface area contributed by atoms with Gasteiger partial charge in [0.15, 0.2) is 5.03 Å². The Kier molecular flexibility index (Phi) is 5.05. The van der Waals surface area contributed by atoms with Crippen molar-refractivity contribution in [1.29, 1.82) is 0 Å². The van der Waals surface area contributed by atoms with Crippen molar-refractivity contribution >= 4 is 21.6 Å². The van der Waals surface area contributed by atoms with Gasteiger partial charge in [0, 0.05) is 6.04 Å². The monoisotopic (exact) mass is 364 g/mol. The third-order valence-electron chi connectivity index (χ3n) is 4.21. The highest BCUT2D eigenvalue weighted by Gasteiger charge is 2.23. The predicted octanol–water partition coefficient (Wildman–Crippen LogP) is 1.24. The first-order chi connectivity index (χ1) is 12.0. The summed E-state index contributed by atoms with van der Waals surface area (Å²) >= 11 is 0. The number of nitrogens with zero attached hydrogens (tertiary/aromatic N) is 1. The Hall–Kier alpha value is -2.39. The number of aliphatic hydroxyl groups is 1. The fraction of sp³-hybridized carbons (Fsp3) is 0.375. The van der Waals surface area contributed by atoms with Crippen molar-refractivity contribution in [2.45, 2.75) is 42.9 Å². The first kappa shape index (κ1) is 17.4. The van der Waals surface area contributed by atoms with E-state index in [-0.39, 0.29) is 34.3 Å². The number of hydrogen-bond donors (Lipinski definition) is 4. The lowest BCUT2D eigenvalue weighted by Gasteiger charge is -2.26. The molecule has 1 fully saturated rings. The second kappa shape index (κ2) is 7.24. The molecule has 1 aromatic heterocycles. The molecule has 1 aromatic carbocycles. The average molecular weight is 364 g/mol. The second-order valence-corrected chi connectivity index (χ2v) is 7.70. The molecule has 0 aliphatic heterocycles. The van der Waals surface area contributed by atoms with Gasteiger partial charge in [-0.15, -0.1) is 0 Å². The van der Waals surface area contributed by atoms with E-state index in [2.05, 4.69) is 20.0 Å². The van der Waals surface area contributed by atoms with E-state index in [9.17, 15) is 18.3 Å². The minimum Gasteiger partial charge on any atom is -0.393 e. The van der Waals surface area contributed by atoms with Gasteiger partial charge in [-0.25, -0.2) is 4.98 Å². The van der Waals surface area contributed by atoms with E-state index in [0.717, 1.165) is 0 Å². The van der Waals surface area contributed by atoms with Crippen molar-refractivity contribution in [1.82, 2.24) is 15.3 Å². The number of para-hydroxylation sites is 1. The van der Waals surface area contributed by atoms with Crippen LogP contribution in [0.4, 0.5) is 5.69 Å². The van der Waals surface area contributed by atoms with Crippen LogP contribution in [0.2, 0.25) is 0 Å². The van der Waals surface area contributed by atoms with E-state index in [1.54, 1.807) is 18.2 Å². The number of hydrogen-bond acceptors (Lipinski definition) is 5. The number of carbonyl (C=O) groups excluding carboxylic acids is 1. The molecular formula is C16H20N4O4S. The summed E-state index contributed by atoms with van der Waals surface area (Å²) in [7, 11) is -3.85. The maximum Gasteiger partial charge on any atom is 0.278 e. The van der Waals surface area contributed by atoms with Crippen molar-refractivity contribution < 1.29 is 18.3 Å². The summed E-state index contributed by atoms with van der Waals surface area (Å²) in [5.74, 6) is -0.343. The molecule has 1 heterocycles. The molecule has 0 unspecified atom stereocenters. The summed E-state index contributed by atoms with van der Waals surface area (Å²) in [6.45, 7) is 0. The van der Waals surface area contributed by atoms with Crippen LogP contribution in [0.3, 0.4) is 0 Å². The third kappa shape index (κ3) is 4.18. The molecule has 1 amide bonds. The summed E-state index contributed by atoms with van der Waals surface area (Å²) in [6, 6.07) is 6.41. The summed E-state index contributed by atoms with van der Waals surface area (Å²) in [4.78, 5) is 18.8. The third-order valence-corrected chi connectivity index (χ3v) is 5.50. The Morgan fingerprint density at radius 3 is 2.60 bits per heavy atom. The average Bonchev–Trinajstić information content (AvgIpc) is 3.12. The number of aromatic amines is 1. The number of carbonyl (C=O) groups is 1. The summed E-state index contributed by atoms with van der Waals surface area (Å²) in [6.07, 6.45) is 4.87. The Balaban J connectivity index is 1.75. The van der Waals surface area contributed by atoms with Crippen molar-refractivity contribution in [2.75, 3.05) is 4.72 Å². The van der Waals surface area contributed by atoms with Crippen LogP contribution in [0.25, 0.3) is 0 Å².